The number of oxazole rings is 1. The molecule has 0 radical (unpaired) electrons. The van der Waals surface area contributed by atoms with E-state index in [0.29, 0.717) is 5.89 Å². The van der Waals surface area contributed by atoms with Crippen LogP contribution in [-0.2, 0) is 6.54 Å². The number of amides is 1. The zero-order valence-corrected chi connectivity index (χ0v) is 11.7. The number of hydrogen-bond acceptors (Lipinski definition) is 4. The number of carbonyl (C=O) groups excluding carboxylic acids is 1. The van der Waals surface area contributed by atoms with Crippen LogP contribution >= 0.6 is 0 Å². The van der Waals surface area contributed by atoms with E-state index in [4.69, 9.17) is 4.42 Å². The average molecular weight is 307 g/mol. The molecule has 0 spiro atoms. The van der Waals surface area contributed by atoms with Gasteiger partial charge in [-0.05, 0) is 37.6 Å². The summed E-state index contributed by atoms with van der Waals surface area (Å²) >= 11 is 0. The summed E-state index contributed by atoms with van der Waals surface area (Å²) in [4.78, 5) is 16.1. The van der Waals surface area contributed by atoms with Gasteiger partial charge in [0.25, 0.3) is 5.91 Å². The first-order chi connectivity index (χ1) is 10.6. The Kier molecular flexibility index (Phi) is 4.15. The highest BCUT2D eigenvalue weighted by Gasteiger charge is 2.22. The normalized spacial score (nSPS) is 17.6. The van der Waals surface area contributed by atoms with E-state index < -0.39 is 17.5 Å². The molecule has 0 saturated carbocycles. The number of nitrogens with one attached hydrogen (secondary N) is 2. The van der Waals surface area contributed by atoms with Gasteiger partial charge in [0.15, 0.2) is 5.69 Å². The third kappa shape index (κ3) is 3.14. The molecule has 1 atom stereocenters. The molecular formula is C15H15F2N3O2. The van der Waals surface area contributed by atoms with Crippen molar-refractivity contribution < 1.29 is 18.0 Å². The van der Waals surface area contributed by atoms with Gasteiger partial charge >= 0.3 is 0 Å². The summed E-state index contributed by atoms with van der Waals surface area (Å²) in [5.74, 6) is -1.14. The van der Waals surface area contributed by atoms with Gasteiger partial charge in [0.1, 0.15) is 17.9 Å². The largest absolute Gasteiger partial charge is 0.446 e. The maximum atomic E-state index is 13.5. The van der Waals surface area contributed by atoms with Crippen LogP contribution in [0.1, 0.15) is 40.8 Å². The first-order valence-corrected chi connectivity index (χ1v) is 7.04. The van der Waals surface area contributed by atoms with Crippen molar-refractivity contribution in [2.75, 3.05) is 6.54 Å². The Labute approximate surface area is 125 Å². The molecule has 1 aromatic carbocycles. The molecule has 1 aliphatic rings. The molecule has 2 aromatic rings. The van der Waals surface area contributed by atoms with E-state index in [-0.39, 0.29) is 23.8 Å². The number of benzene rings is 1. The van der Waals surface area contributed by atoms with Gasteiger partial charge < -0.3 is 15.1 Å². The number of carbonyl (C=O) groups is 1. The number of rotatable bonds is 4. The van der Waals surface area contributed by atoms with Crippen LogP contribution < -0.4 is 10.6 Å². The molecular weight excluding hydrogens is 292 g/mol. The molecule has 1 unspecified atom stereocenters. The Balaban J connectivity index is 1.63. The number of hydrogen-bond donors (Lipinski definition) is 2. The van der Waals surface area contributed by atoms with Gasteiger partial charge in [0.05, 0.1) is 6.04 Å². The number of halogens is 2. The van der Waals surface area contributed by atoms with Gasteiger partial charge in [-0.3, -0.25) is 4.79 Å². The van der Waals surface area contributed by atoms with E-state index in [2.05, 4.69) is 15.6 Å². The molecule has 1 fully saturated rings. The quantitative estimate of drug-likeness (QED) is 0.909. The van der Waals surface area contributed by atoms with Crippen LogP contribution in [-0.4, -0.2) is 17.4 Å². The molecule has 7 heteroatoms. The molecule has 2 heterocycles. The van der Waals surface area contributed by atoms with Crippen LogP contribution in [0.4, 0.5) is 8.78 Å². The lowest BCUT2D eigenvalue weighted by atomic mass is 10.2. The Bertz CT molecular complexity index is 681. The van der Waals surface area contributed by atoms with Gasteiger partial charge in [-0.1, -0.05) is 0 Å². The molecule has 2 N–H and O–H groups in total. The van der Waals surface area contributed by atoms with Crippen molar-refractivity contribution in [1.29, 1.82) is 0 Å². The zero-order chi connectivity index (χ0) is 15.5. The van der Waals surface area contributed by atoms with Crippen LogP contribution in [0.15, 0.2) is 28.9 Å². The summed E-state index contributed by atoms with van der Waals surface area (Å²) in [6, 6.07) is 3.13. The van der Waals surface area contributed by atoms with Crippen LogP contribution in [0.25, 0.3) is 0 Å². The maximum absolute atomic E-state index is 13.5. The number of nitrogens with zero attached hydrogens (tertiary/aromatic N) is 1. The van der Waals surface area contributed by atoms with E-state index in [0.717, 1.165) is 37.6 Å². The van der Waals surface area contributed by atoms with Crippen molar-refractivity contribution in [2.45, 2.75) is 25.4 Å². The molecule has 1 amide bonds. The Morgan fingerprint density at radius 2 is 2.32 bits per heavy atom. The highest BCUT2D eigenvalue weighted by molar-refractivity contribution is 5.91. The summed E-state index contributed by atoms with van der Waals surface area (Å²) in [5.41, 5.74) is 0.204. The molecule has 1 aliphatic heterocycles. The predicted molar refractivity (Wildman–Crippen MR) is 74.0 cm³/mol. The molecule has 0 aliphatic carbocycles. The van der Waals surface area contributed by atoms with Crippen molar-refractivity contribution in [3.05, 3.63) is 53.2 Å². The van der Waals surface area contributed by atoms with E-state index >= 15 is 0 Å². The molecule has 3 rings (SSSR count). The summed E-state index contributed by atoms with van der Waals surface area (Å²) in [6.45, 7) is 0.778. The molecule has 116 valence electrons. The maximum Gasteiger partial charge on any atom is 0.273 e. The topological polar surface area (TPSA) is 67.2 Å². The Morgan fingerprint density at radius 3 is 3.09 bits per heavy atom. The Morgan fingerprint density at radius 1 is 1.45 bits per heavy atom. The van der Waals surface area contributed by atoms with Crippen LogP contribution in [0.3, 0.4) is 0 Å². The SMILES string of the molecule is O=C(NCc1cc(F)ccc1F)c1coc(C2CCCN2)n1. The first kappa shape index (κ1) is 14.6. The minimum Gasteiger partial charge on any atom is -0.446 e. The minimum atomic E-state index is -0.572. The molecule has 5 nitrogen and oxygen atoms in total. The van der Waals surface area contributed by atoms with Gasteiger partial charge in [-0.25, -0.2) is 13.8 Å². The van der Waals surface area contributed by atoms with Crippen LogP contribution in [0.2, 0.25) is 0 Å². The third-order valence-corrected chi connectivity index (χ3v) is 3.56. The van der Waals surface area contributed by atoms with Crippen molar-refractivity contribution in [1.82, 2.24) is 15.6 Å². The second-order valence-corrected chi connectivity index (χ2v) is 5.14. The lowest BCUT2D eigenvalue weighted by molar-refractivity contribution is 0.0945. The monoisotopic (exact) mass is 307 g/mol. The van der Waals surface area contributed by atoms with E-state index in [1.54, 1.807) is 0 Å². The standard InChI is InChI=1S/C15H15F2N3O2/c16-10-3-4-11(17)9(6-10)7-19-14(21)13-8-22-15(20-13)12-2-1-5-18-12/h3-4,6,8,12,18H,1-2,5,7H2,(H,19,21). The highest BCUT2D eigenvalue weighted by Crippen LogP contribution is 2.22. The van der Waals surface area contributed by atoms with Crippen LogP contribution in [0, 0.1) is 11.6 Å². The fourth-order valence-electron chi connectivity index (χ4n) is 2.39. The molecule has 1 aromatic heterocycles. The second-order valence-electron chi connectivity index (χ2n) is 5.14. The first-order valence-electron chi connectivity index (χ1n) is 7.04. The van der Waals surface area contributed by atoms with Crippen molar-refractivity contribution in [3.8, 4) is 0 Å². The summed E-state index contributed by atoms with van der Waals surface area (Å²) in [5, 5.41) is 5.72. The van der Waals surface area contributed by atoms with Gasteiger partial charge in [-0.15, -0.1) is 0 Å². The van der Waals surface area contributed by atoms with Crippen molar-refractivity contribution in [3.63, 3.8) is 0 Å². The van der Waals surface area contributed by atoms with E-state index in [1.165, 1.54) is 6.26 Å². The lowest BCUT2D eigenvalue weighted by Gasteiger charge is -2.05. The van der Waals surface area contributed by atoms with E-state index in [9.17, 15) is 13.6 Å². The third-order valence-electron chi connectivity index (χ3n) is 3.56. The highest BCUT2D eigenvalue weighted by atomic mass is 19.1. The van der Waals surface area contributed by atoms with Gasteiger partial charge in [0, 0.05) is 12.1 Å². The fourth-order valence-corrected chi connectivity index (χ4v) is 2.39. The fraction of sp³-hybridized carbons (Fsp3) is 0.333. The molecule has 1 saturated heterocycles. The molecule has 22 heavy (non-hydrogen) atoms. The minimum absolute atomic E-state index is 0.0298. The summed E-state index contributed by atoms with van der Waals surface area (Å²) < 4.78 is 31.8. The van der Waals surface area contributed by atoms with Gasteiger partial charge in [0.2, 0.25) is 5.89 Å². The smallest absolute Gasteiger partial charge is 0.273 e. The van der Waals surface area contributed by atoms with Gasteiger partial charge in [-0.2, -0.15) is 0 Å². The summed E-state index contributed by atoms with van der Waals surface area (Å²) in [6.07, 6.45) is 3.22. The second kappa shape index (κ2) is 6.23. The average Bonchev–Trinajstić information content (AvgIpc) is 3.18. The lowest BCUT2D eigenvalue weighted by Crippen LogP contribution is -2.24. The van der Waals surface area contributed by atoms with Crippen LogP contribution in [0.5, 0.6) is 0 Å². The Hall–Kier alpha value is -2.28. The predicted octanol–water partition coefficient (Wildman–Crippen LogP) is 2.31. The van der Waals surface area contributed by atoms with Crippen molar-refractivity contribution >= 4 is 5.91 Å². The zero-order valence-electron chi connectivity index (χ0n) is 11.7. The molecule has 0 bridgehead atoms. The number of aromatic nitrogens is 1. The summed E-state index contributed by atoms with van der Waals surface area (Å²) in [7, 11) is 0. The van der Waals surface area contributed by atoms with Crippen molar-refractivity contribution in [2.24, 2.45) is 0 Å². The van der Waals surface area contributed by atoms with E-state index in [1.807, 2.05) is 0 Å².